The fraction of sp³-hybridized carbons (Fsp3) is 0. The third-order valence-corrected chi connectivity index (χ3v) is 3.48. The lowest BCUT2D eigenvalue weighted by Gasteiger charge is -2.01. The summed E-state index contributed by atoms with van der Waals surface area (Å²) in [7, 11) is 0. The molecule has 1 N–H and O–H groups in total. The predicted octanol–water partition coefficient (Wildman–Crippen LogP) is 4.71. The van der Waals surface area contributed by atoms with Crippen molar-refractivity contribution in [3.8, 4) is 0 Å². The van der Waals surface area contributed by atoms with Crippen molar-refractivity contribution in [2.24, 2.45) is 0 Å². The second kappa shape index (κ2) is 7.06. The Labute approximate surface area is 136 Å². The topological polar surface area (TPSA) is 72.2 Å². The summed E-state index contributed by atoms with van der Waals surface area (Å²) < 4.78 is 0. The average Bonchev–Trinajstić information content (AvgIpc) is 2.50. The van der Waals surface area contributed by atoms with Crippen LogP contribution in [0, 0.1) is 10.1 Å². The fourth-order valence-electron chi connectivity index (χ4n) is 1.67. The molecule has 0 spiro atoms. The van der Waals surface area contributed by atoms with Gasteiger partial charge in [-0.05, 0) is 24.3 Å². The smallest absolute Gasteiger partial charge is 0.271 e. The van der Waals surface area contributed by atoms with E-state index in [0.29, 0.717) is 21.3 Å². The van der Waals surface area contributed by atoms with E-state index in [4.69, 9.17) is 23.2 Å². The maximum atomic E-state index is 11.9. The molecule has 0 aliphatic rings. The van der Waals surface area contributed by atoms with Crippen LogP contribution in [-0.4, -0.2) is 10.7 Å². The molecule has 7 heteroatoms. The number of non-ortho nitro benzene ring substituents is 1. The third kappa shape index (κ3) is 4.07. The van der Waals surface area contributed by atoms with Crippen LogP contribution in [-0.2, 0) is 0 Å². The molecule has 0 atom stereocenters. The fourth-order valence-corrected chi connectivity index (χ4v) is 1.97. The number of halogens is 2. The van der Waals surface area contributed by atoms with Gasteiger partial charge in [-0.25, -0.2) is 0 Å². The van der Waals surface area contributed by atoms with E-state index in [-0.39, 0.29) is 11.5 Å². The quantitative estimate of drug-likeness (QED) is 0.371. The normalized spacial score (nSPS) is 10.6. The van der Waals surface area contributed by atoms with Crippen molar-refractivity contribution in [1.82, 2.24) is 0 Å². The highest BCUT2D eigenvalue weighted by Crippen LogP contribution is 2.23. The number of nitro groups is 1. The molecule has 112 valence electrons. The summed E-state index contributed by atoms with van der Waals surface area (Å²) in [6, 6.07) is 10.5. The van der Waals surface area contributed by atoms with Crippen molar-refractivity contribution in [3.63, 3.8) is 0 Å². The number of hydrogen-bond acceptors (Lipinski definition) is 4. The van der Waals surface area contributed by atoms with Gasteiger partial charge in [0.2, 0.25) is 0 Å². The molecule has 2 aromatic carbocycles. The molecule has 0 saturated heterocycles. The van der Waals surface area contributed by atoms with E-state index in [1.54, 1.807) is 24.3 Å². The molecule has 0 aromatic heterocycles. The Morgan fingerprint density at radius 3 is 2.59 bits per heavy atom. The lowest BCUT2D eigenvalue weighted by molar-refractivity contribution is -0.384. The zero-order chi connectivity index (χ0) is 16.1. The predicted molar refractivity (Wildman–Crippen MR) is 86.7 cm³/mol. The van der Waals surface area contributed by atoms with E-state index in [9.17, 15) is 14.9 Å². The summed E-state index contributed by atoms with van der Waals surface area (Å²) >= 11 is 11.6. The van der Waals surface area contributed by atoms with Gasteiger partial charge in [-0.15, -0.1) is 0 Å². The number of nitrogens with zero attached hydrogens (tertiary/aromatic N) is 1. The van der Waals surface area contributed by atoms with Gasteiger partial charge in [0.25, 0.3) is 5.69 Å². The van der Waals surface area contributed by atoms with Crippen molar-refractivity contribution in [1.29, 1.82) is 0 Å². The Kier molecular flexibility index (Phi) is 5.14. The van der Waals surface area contributed by atoms with Crippen LogP contribution in [0.2, 0.25) is 10.0 Å². The minimum absolute atomic E-state index is 0.0331. The molecule has 2 aromatic rings. The lowest BCUT2D eigenvalue weighted by Crippen LogP contribution is -1.97. The number of anilines is 1. The highest BCUT2D eigenvalue weighted by Gasteiger charge is 2.06. The molecule has 0 bridgehead atoms. The number of allylic oxidation sites excluding steroid dienone is 1. The van der Waals surface area contributed by atoms with E-state index in [1.165, 1.54) is 30.5 Å². The number of benzene rings is 2. The van der Waals surface area contributed by atoms with Gasteiger partial charge in [0.15, 0.2) is 5.78 Å². The second-order valence-electron chi connectivity index (χ2n) is 4.28. The molecular formula is C15H10Cl2N2O3. The highest BCUT2D eigenvalue weighted by molar-refractivity contribution is 6.42. The van der Waals surface area contributed by atoms with Crippen LogP contribution >= 0.6 is 23.2 Å². The number of carbonyl (C=O) groups excluding carboxylic acids is 1. The Balaban J connectivity index is 2.05. The molecular weight excluding hydrogens is 327 g/mol. The van der Waals surface area contributed by atoms with Gasteiger partial charge < -0.3 is 5.32 Å². The van der Waals surface area contributed by atoms with Crippen LogP contribution < -0.4 is 5.32 Å². The first-order valence-electron chi connectivity index (χ1n) is 6.14. The summed E-state index contributed by atoms with van der Waals surface area (Å²) in [6.07, 6.45) is 2.71. The lowest BCUT2D eigenvalue weighted by atomic mass is 10.1. The SMILES string of the molecule is O=C(C=CNc1cccc([N+](=O)[O-])c1)c1ccc(Cl)c(Cl)c1. The van der Waals surface area contributed by atoms with Gasteiger partial charge in [0.05, 0.1) is 15.0 Å². The summed E-state index contributed by atoms with van der Waals surface area (Å²) in [5, 5.41) is 14.1. The largest absolute Gasteiger partial charge is 0.361 e. The van der Waals surface area contributed by atoms with E-state index in [2.05, 4.69) is 5.32 Å². The van der Waals surface area contributed by atoms with Gasteiger partial charge in [0.1, 0.15) is 0 Å². The average molecular weight is 337 g/mol. The molecule has 0 heterocycles. The number of nitrogens with one attached hydrogen (secondary N) is 1. The molecule has 0 fully saturated rings. The first kappa shape index (κ1) is 16.0. The zero-order valence-electron chi connectivity index (χ0n) is 11.1. The van der Waals surface area contributed by atoms with Crippen molar-refractivity contribution >= 4 is 40.4 Å². The number of carbonyl (C=O) groups is 1. The maximum absolute atomic E-state index is 11.9. The molecule has 0 radical (unpaired) electrons. The van der Waals surface area contributed by atoms with Gasteiger partial charge in [-0.2, -0.15) is 0 Å². The highest BCUT2D eigenvalue weighted by atomic mass is 35.5. The van der Waals surface area contributed by atoms with E-state index < -0.39 is 4.92 Å². The van der Waals surface area contributed by atoms with Crippen molar-refractivity contribution < 1.29 is 9.72 Å². The number of rotatable bonds is 5. The molecule has 0 aliphatic carbocycles. The minimum atomic E-state index is -0.490. The minimum Gasteiger partial charge on any atom is -0.361 e. The molecule has 2 rings (SSSR count). The molecule has 0 saturated carbocycles. The van der Waals surface area contributed by atoms with Gasteiger partial charge in [-0.1, -0.05) is 29.3 Å². The molecule has 0 aliphatic heterocycles. The molecule has 22 heavy (non-hydrogen) atoms. The second-order valence-corrected chi connectivity index (χ2v) is 5.09. The van der Waals surface area contributed by atoms with Crippen LogP contribution in [0.15, 0.2) is 54.7 Å². The number of hydrogen-bond donors (Lipinski definition) is 1. The third-order valence-electron chi connectivity index (χ3n) is 2.75. The summed E-state index contributed by atoms with van der Waals surface area (Å²) in [4.78, 5) is 22.1. The Hall–Kier alpha value is -2.37. The van der Waals surface area contributed by atoms with Crippen molar-refractivity contribution in [2.75, 3.05) is 5.32 Å². The van der Waals surface area contributed by atoms with Gasteiger partial charge >= 0.3 is 0 Å². The molecule has 5 nitrogen and oxygen atoms in total. The Bertz CT molecular complexity index is 760. The van der Waals surface area contributed by atoms with Gasteiger partial charge in [-0.3, -0.25) is 14.9 Å². The van der Waals surface area contributed by atoms with Crippen LogP contribution in [0.3, 0.4) is 0 Å². The summed E-state index contributed by atoms with van der Waals surface area (Å²) in [5.41, 5.74) is 0.869. The van der Waals surface area contributed by atoms with E-state index in [1.807, 2.05) is 0 Å². The Morgan fingerprint density at radius 2 is 1.91 bits per heavy atom. The standard InChI is InChI=1S/C15H10Cl2N2O3/c16-13-5-4-10(8-14(13)17)15(20)6-7-18-11-2-1-3-12(9-11)19(21)22/h1-9,18H. The zero-order valence-corrected chi connectivity index (χ0v) is 12.6. The monoisotopic (exact) mass is 336 g/mol. The molecule has 0 amide bonds. The molecule has 0 unspecified atom stereocenters. The van der Waals surface area contributed by atoms with Crippen molar-refractivity contribution in [2.45, 2.75) is 0 Å². The van der Waals surface area contributed by atoms with Gasteiger partial charge in [0, 0.05) is 35.7 Å². The number of nitro benzene ring substituents is 1. The first-order chi connectivity index (χ1) is 10.5. The van der Waals surface area contributed by atoms with Crippen LogP contribution in [0.4, 0.5) is 11.4 Å². The van der Waals surface area contributed by atoms with E-state index in [0.717, 1.165) is 0 Å². The summed E-state index contributed by atoms with van der Waals surface area (Å²) in [6.45, 7) is 0. The van der Waals surface area contributed by atoms with Crippen molar-refractivity contribution in [3.05, 3.63) is 80.5 Å². The summed E-state index contributed by atoms with van der Waals surface area (Å²) in [5.74, 6) is -0.267. The maximum Gasteiger partial charge on any atom is 0.271 e. The first-order valence-corrected chi connectivity index (χ1v) is 6.90. The van der Waals surface area contributed by atoms with Crippen LogP contribution in [0.1, 0.15) is 10.4 Å². The van der Waals surface area contributed by atoms with E-state index >= 15 is 0 Å². The Morgan fingerprint density at radius 1 is 1.14 bits per heavy atom. The van der Waals surface area contributed by atoms with Crippen LogP contribution in [0.5, 0.6) is 0 Å². The number of ketones is 1. The van der Waals surface area contributed by atoms with Crippen LogP contribution in [0.25, 0.3) is 0 Å².